The summed E-state index contributed by atoms with van der Waals surface area (Å²) >= 11 is 0. The second kappa shape index (κ2) is 25.1. The number of nitrogens with two attached hydrogens (primary N) is 4. The summed E-state index contributed by atoms with van der Waals surface area (Å²) in [6.07, 6.45) is 4.30. The average Bonchev–Trinajstić information content (AvgIpc) is 3.18. The molecule has 13 N–H and O–H groups in total. The van der Waals surface area contributed by atoms with Crippen LogP contribution in [-0.2, 0) is 35.2 Å². The number of aryl methyl sites for hydroxylation is 1. The zero-order valence-corrected chi connectivity index (χ0v) is 33.7. The van der Waals surface area contributed by atoms with E-state index in [2.05, 4.69) is 57.8 Å². The lowest BCUT2D eigenvalue weighted by molar-refractivity contribution is -0.138. The number of carbonyl (C=O) groups is 7. The molecule has 0 bridgehead atoms. The Labute approximate surface area is 335 Å². The number of benzene rings is 2. The highest BCUT2D eigenvalue weighted by Gasteiger charge is 2.31. The van der Waals surface area contributed by atoms with Crippen LogP contribution in [-0.4, -0.2) is 84.6 Å². The molecule has 0 aliphatic heterocycles. The number of hydrogen-bond donors (Lipinski definition) is 9. The van der Waals surface area contributed by atoms with E-state index in [-0.39, 0.29) is 25.2 Å². The molecular formula is C41H63N9O7. The Morgan fingerprint density at radius 2 is 1.09 bits per heavy atom. The van der Waals surface area contributed by atoms with E-state index >= 15 is 0 Å². The molecule has 2 rings (SSSR count). The molecule has 16 nitrogen and oxygen atoms in total. The molecule has 0 heterocycles. The van der Waals surface area contributed by atoms with Gasteiger partial charge in [-0.2, -0.15) is 0 Å². The summed E-state index contributed by atoms with van der Waals surface area (Å²) in [5, 5.41) is 12.8. The van der Waals surface area contributed by atoms with Crippen LogP contribution in [0.2, 0.25) is 0 Å². The summed E-state index contributed by atoms with van der Waals surface area (Å²) in [4.78, 5) is 90.0. The van der Waals surface area contributed by atoms with Gasteiger partial charge in [0.1, 0.15) is 18.1 Å². The van der Waals surface area contributed by atoms with Gasteiger partial charge in [-0.05, 0) is 113 Å². The molecular weight excluding hydrogens is 731 g/mol. The quantitative estimate of drug-likeness (QED) is 0.0371. The normalized spacial score (nSPS) is 13.7. The highest BCUT2D eigenvalue weighted by Crippen LogP contribution is 2.21. The maximum Gasteiger partial charge on any atom is 0.287 e. The number of amides is 6. The van der Waals surface area contributed by atoms with E-state index in [9.17, 15) is 33.6 Å². The zero-order valence-electron chi connectivity index (χ0n) is 33.7. The Morgan fingerprint density at radius 3 is 1.60 bits per heavy atom. The van der Waals surface area contributed by atoms with E-state index in [1.165, 1.54) is 12.5 Å². The fraction of sp³-hybridized carbons (Fsp3) is 0.537. The van der Waals surface area contributed by atoms with Gasteiger partial charge in [-0.3, -0.25) is 33.6 Å². The molecule has 0 aliphatic rings. The summed E-state index contributed by atoms with van der Waals surface area (Å²) in [6.45, 7) is 7.77. The zero-order chi connectivity index (χ0) is 42.5. The van der Waals surface area contributed by atoms with Gasteiger partial charge in [0.15, 0.2) is 6.17 Å². The standard InChI is InChI=1S/C41H63N9O7/c1-5-6-11-27-14-16-28(17-15-27)29-18-20-30(21-19-29)37(53)47-31(12-7-9-22-42)38(54)48-32(13-8-10-23-43)39(55)50-35(44)41(57)49-33(24-25(2)3)40(56)46-26(4)34(51)36(45)52/h14-21,25-26,31-33,35H,5-13,22-24,42-44H2,1-4H3,(H2,45,52)(H,46,56)(H,47,53)(H,48,54)(H,49,57)(H,50,55)/t26-,31+,32+,33+,35-/m1/s1. The largest absolute Gasteiger partial charge is 0.363 e. The molecule has 0 radical (unpaired) electrons. The Kier molecular flexibility index (Phi) is 21.2. The van der Waals surface area contributed by atoms with Crippen LogP contribution in [0.5, 0.6) is 0 Å². The molecule has 16 heteroatoms. The van der Waals surface area contributed by atoms with Crippen molar-refractivity contribution in [1.82, 2.24) is 26.6 Å². The summed E-state index contributed by atoms with van der Waals surface area (Å²) in [5.74, 6) is -5.84. The van der Waals surface area contributed by atoms with Gasteiger partial charge >= 0.3 is 0 Å². The van der Waals surface area contributed by atoms with Crippen molar-refractivity contribution in [1.29, 1.82) is 0 Å². The third-order valence-electron chi connectivity index (χ3n) is 9.32. The van der Waals surface area contributed by atoms with Gasteiger partial charge in [-0.25, -0.2) is 0 Å². The van der Waals surface area contributed by atoms with Crippen LogP contribution in [0.4, 0.5) is 0 Å². The Hall–Kier alpha value is -5.19. The molecule has 2 aromatic carbocycles. The second-order valence-electron chi connectivity index (χ2n) is 14.7. The average molecular weight is 794 g/mol. The molecule has 0 unspecified atom stereocenters. The maximum atomic E-state index is 13.7. The Balaban J connectivity index is 2.17. The molecule has 2 aromatic rings. The maximum absolute atomic E-state index is 13.7. The fourth-order valence-electron chi connectivity index (χ4n) is 5.97. The van der Waals surface area contributed by atoms with Gasteiger partial charge in [0, 0.05) is 5.56 Å². The predicted octanol–water partition coefficient (Wildman–Crippen LogP) is 1.03. The number of unbranched alkanes of at least 4 members (excludes halogenated alkanes) is 3. The van der Waals surface area contributed by atoms with Crippen molar-refractivity contribution in [2.75, 3.05) is 13.1 Å². The molecule has 0 aliphatic carbocycles. The van der Waals surface area contributed by atoms with E-state index in [0.29, 0.717) is 44.3 Å². The van der Waals surface area contributed by atoms with Gasteiger partial charge in [-0.1, -0.05) is 63.6 Å². The minimum Gasteiger partial charge on any atom is -0.363 e. The minimum atomic E-state index is -1.64. The predicted molar refractivity (Wildman–Crippen MR) is 219 cm³/mol. The molecule has 0 saturated carbocycles. The van der Waals surface area contributed by atoms with Crippen molar-refractivity contribution in [2.24, 2.45) is 28.9 Å². The van der Waals surface area contributed by atoms with E-state index in [0.717, 1.165) is 30.4 Å². The van der Waals surface area contributed by atoms with Crippen LogP contribution in [0, 0.1) is 5.92 Å². The van der Waals surface area contributed by atoms with Crippen molar-refractivity contribution in [2.45, 2.75) is 122 Å². The van der Waals surface area contributed by atoms with Gasteiger partial charge in [-0.15, -0.1) is 0 Å². The van der Waals surface area contributed by atoms with Gasteiger partial charge in [0.05, 0.1) is 6.04 Å². The molecule has 6 amide bonds. The number of ketones is 1. The lowest BCUT2D eigenvalue weighted by Gasteiger charge is -2.26. The summed E-state index contributed by atoms with van der Waals surface area (Å²) in [7, 11) is 0. The minimum absolute atomic E-state index is 0.0909. The number of hydrogen-bond acceptors (Lipinski definition) is 10. The number of primary amides is 1. The van der Waals surface area contributed by atoms with Crippen LogP contribution in [0.3, 0.4) is 0 Å². The number of rotatable bonds is 26. The number of carbonyl (C=O) groups excluding carboxylic acids is 7. The third kappa shape index (κ3) is 16.8. The second-order valence-corrected chi connectivity index (χ2v) is 14.7. The van der Waals surface area contributed by atoms with Crippen molar-refractivity contribution >= 4 is 41.2 Å². The molecule has 5 atom stereocenters. The smallest absolute Gasteiger partial charge is 0.287 e. The first-order valence-corrected chi connectivity index (χ1v) is 19.8. The van der Waals surface area contributed by atoms with Crippen molar-refractivity contribution in [3.63, 3.8) is 0 Å². The number of nitrogens with one attached hydrogen (secondary N) is 5. The van der Waals surface area contributed by atoms with E-state index in [1.54, 1.807) is 26.0 Å². The molecule has 0 spiro atoms. The lowest BCUT2D eigenvalue weighted by atomic mass is 10.0. The van der Waals surface area contributed by atoms with E-state index in [4.69, 9.17) is 22.9 Å². The van der Waals surface area contributed by atoms with Crippen LogP contribution in [0.15, 0.2) is 48.5 Å². The first-order chi connectivity index (χ1) is 27.1. The van der Waals surface area contributed by atoms with Crippen molar-refractivity contribution < 1.29 is 33.6 Å². The van der Waals surface area contributed by atoms with Gasteiger partial charge < -0.3 is 49.5 Å². The summed E-state index contributed by atoms with van der Waals surface area (Å²) in [5.41, 5.74) is 26.0. The van der Waals surface area contributed by atoms with Crippen LogP contribution >= 0.6 is 0 Å². The molecule has 314 valence electrons. The van der Waals surface area contributed by atoms with E-state index in [1.807, 2.05) is 12.1 Å². The first-order valence-electron chi connectivity index (χ1n) is 19.8. The van der Waals surface area contributed by atoms with Crippen molar-refractivity contribution in [3.05, 3.63) is 59.7 Å². The number of Topliss-reactive ketones (excluding diaryl/α,β-unsaturated/α-hetero) is 1. The SMILES string of the molecule is CCCCc1ccc(-c2ccc(C(=O)N[C@@H](CCCCN)C(=O)N[C@@H](CCCCN)C(=O)N[C@@H](N)C(=O)N[C@@H](CC(C)C)C(=O)N[C@H](C)C(=O)C(N)=O)cc2)cc1. The molecule has 57 heavy (non-hydrogen) atoms. The summed E-state index contributed by atoms with van der Waals surface area (Å²) in [6, 6.07) is 10.8. The van der Waals surface area contributed by atoms with Crippen molar-refractivity contribution in [3.8, 4) is 11.1 Å². The fourth-order valence-corrected chi connectivity index (χ4v) is 5.97. The molecule has 0 aromatic heterocycles. The topological polar surface area (TPSA) is 284 Å². The Bertz CT molecular complexity index is 1630. The van der Waals surface area contributed by atoms with Crippen LogP contribution in [0.25, 0.3) is 11.1 Å². The monoisotopic (exact) mass is 793 g/mol. The highest BCUT2D eigenvalue weighted by molar-refractivity contribution is 6.37. The van der Waals surface area contributed by atoms with Gasteiger partial charge in [0.25, 0.3) is 17.7 Å². The molecule has 0 saturated heterocycles. The molecule has 0 fully saturated rings. The lowest BCUT2D eigenvalue weighted by Crippen LogP contribution is -2.61. The van der Waals surface area contributed by atoms with E-state index < -0.39 is 71.6 Å². The van der Waals surface area contributed by atoms with Crippen LogP contribution in [0.1, 0.15) is 101 Å². The Morgan fingerprint density at radius 1 is 0.596 bits per heavy atom. The third-order valence-corrected chi connectivity index (χ3v) is 9.32. The first kappa shape index (κ1) is 48.0. The van der Waals surface area contributed by atoms with Crippen LogP contribution < -0.4 is 49.5 Å². The highest BCUT2D eigenvalue weighted by atomic mass is 16.2. The van der Waals surface area contributed by atoms with Gasteiger partial charge in [0.2, 0.25) is 23.5 Å². The summed E-state index contributed by atoms with van der Waals surface area (Å²) < 4.78 is 0.